The van der Waals surface area contributed by atoms with Crippen molar-refractivity contribution >= 4 is 11.7 Å². The Labute approximate surface area is 132 Å². The van der Waals surface area contributed by atoms with Crippen molar-refractivity contribution in [3.05, 3.63) is 18.1 Å². The second-order valence-corrected chi connectivity index (χ2v) is 6.18. The molecular weight excluding hydrogens is 278 g/mol. The third-order valence-corrected chi connectivity index (χ3v) is 3.94. The maximum Gasteiger partial charge on any atom is 0.271 e. The van der Waals surface area contributed by atoms with Gasteiger partial charge in [-0.25, -0.2) is 9.97 Å². The molecule has 1 fully saturated rings. The van der Waals surface area contributed by atoms with E-state index >= 15 is 0 Å². The minimum Gasteiger partial charge on any atom is -0.366 e. The highest BCUT2D eigenvalue weighted by atomic mass is 16.1. The van der Waals surface area contributed by atoms with Gasteiger partial charge in [-0.05, 0) is 26.9 Å². The van der Waals surface area contributed by atoms with Crippen LogP contribution in [-0.2, 0) is 0 Å². The van der Waals surface area contributed by atoms with E-state index in [2.05, 4.69) is 20.6 Å². The molecule has 1 aliphatic carbocycles. The smallest absolute Gasteiger partial charge is 0.271 e. The molecule has 6 nitrogen and oxygen atoms in total. The molecule has 2 N–H and O–H groups in total. The Bertz CT molecular complexity index is 452. The summed E-state index contributed by atoms with van der Waals surface area (Å²) in [6.07, 6.45) is 10.8. The monoisotopic (exact) mass is 305 g/mol. The van der Waals surface area contributed by atoms with E-state index in [1.807, 2.05) is 19.0 Å². The van der Waals surface area contributed by atoms with E-state index < -0.39 is 0 Å². The van der Waals surface area contributed by atoms with Crippen molar-refractivity contribution in [2.45, 2.75) is 44.6 Å². The van der Waals surface area contributed by atoms with Crippen LogP contribution >= 0.6 is 0 Å². The van der Waals surface area contributed by atoms with Crippen molar-refractivity contribution in [1.82, 2.24) is 20.2 Å². The number of amides is 1. The SMILES string of the molecule is CN(C)CCNC(=O)c1cnc(NC2CCCCCC2)cn1. The Morgan fingerprint density at radius 2 is 1.91 bits per heavy atom. The number of nitrogens with one attached hydrogen (secondary N) is 2. The number of hydrogen-bond acceptors (Lipinski definition) is 5. The Morgan fingerprint density at radius 3 is 2.50 bits per heavy atom. The number of likely N-dealkylation sites (N-methyl/N-ethyl adjacent to an activating group) is 1. The number of aromatic nitrogens is 2. The molecule has 1 aliphatic rings. The first-order valence-electron chi connectivity index (χ1n) is 8.16. The van der Waals surface area contributed by atoms with Gasteiger partial charge in [-0.1, -0.05) is 25.7 Å². The lowest BCUT2D eigenvalue weighted by Crippen LogP contribution is -2.31. The Balaban J connectivity index is 1.82. The predicted molar refractivity (Wildman–Crippen MR) is 88.0 cm³/mol. The Hall–Kier alpha value is -1.69. The molecule has 1 heterocycles. The fourth-order valence-corrected chi connectivity index (χ4v) is 2.64. The molecule has 6 heteroatoms. The molecular formula is C16H27N5O. The van der Waals surface area contributed by atoms with E-state index in [0.29, 0.717) is 18.3 Å². The van der Waals surface area contributed by atoms with Gasteiger partial charge in [-0.2, -0.15) is 0 Å². The summed E-state index contributed by atoms with van der Waals surface area (Å²) in [5.74, 6) is 0.590. The minimum atomic E-state index is -0.171. The number of rotatable bonds is 6. The molecule has 0 radical (unpaired) electrons. The van der Waals surface area contributed by atoms with Gasteiger partial charge in [0.1, 0.15) is 11.5 Å². The molecule has 1 aromatic heterocycles. The van der Waals surface area contributed by atoms with E-state index in [0.717, 1.165) is 12.4 Å². The van der Waals surface area contributed by atoms with E-state index in [1.54, 1.807) is 12.4 Å². The first-order valence-corrected chi connectivity index (χ1v) is 8.16. The molecule has 1 aromatic rings. The topological polar surface area (TPSA) is 70.2 Å². The van der Waals surface area contributed by atoms with Crippen LogP contribution in [0.25, 0.3) is 0 Å². The van der Waals surface area contributed by atoms with Gasteiger partial charge < -0.3 is 15.5 Å². The van der Waals surface area contributed by atoms with Gasteiger partial charge in [0, 0.05) is 19.1 Å². The highest BCUT2D eigenvalue weighted by molar-refractivity contribution is 5.91. The van der Waals surface area contributed by atoms with Crippen LogP contribution in [0.4, 0.5) is 5.82 Å². The van der Waals surface area contributed by atoms with Gasteiger partial charge >= 0.3 is 0 Å². The Kier molecular flexibility index (Phi) is 6.58. The molecule has 22 heavy (non-hydrogen) atoms. The van der Waals surface area contributed by atoms with Crippen molar-refractivity contribution < 1.29 is 4.79 Å². The van der Waals surface area contributed by atoms with Crippen LogP contribution in [0.1, 0.15) is 49.0 Å². The number of hydrogen-bond donors (Lipinski definition) is 2. The van der Waals surface area contributed by atoms with Crippen LogP contribution in [0.3, 0.4) is 0 Å². The molecule has 0 aliphatic heterocycles. The molecule has 0 bridgehead atoms. The summed E-state index contributed by atoms with van der Waals surface area (Å²) in [4.78, 5) is 22.5. The Morgan fingerprint density at radius 1 is 1.18 bits per heavy atom. The molecule has 0 aromatic carbocycles. The fourth-order valence-electron chi connectivity index (χ4n) is 2.64. The summed E-state index contributed by atoms with van der Waals surface area (Å²) in [6.45, 7) is 1.41. The van der Waals surface area contributed by atoms with Crippen LogP contribution < -0.4 is 10.6 Å². The lowest BCUT2D eigenvalue weighted by atomic mass is 10.1. The lowest BCUT2D eigenvalue weighted by molar-refractivity contribution is 0.0945. The van der Waals surface area contributed by atoms with Crippen molar-refractivity contribution in [1.29, 1.82) is 0 Å². The number of anilines is 1. The quantitative estimate of drug-likeness (QED) is 0.786. The molecule has 0 spiro atoms. The van der Waals surface area contributed by atoms with Gasteiger partial charge in [0.15, 0.2) is 0 Å². The van der Waals surface area contributed by atoms with Crippen molar-refractivity contribution in [2.75, 3.05) is 32.5 Å². The standard InChI is InChI=1S/C16H27N5O/c1-21(2)10-9-17-16(22)14-11-19-15(12-18-14)20-13-7-5-3-4-6-8-13/h11-13H,3-10H2,1-2H3,(H,17,22)(H,19,20). The van der Waals surface area contributed by atoms with Gasteiger partial charge in [0.05, 0.1) is 12.4 Å². The maximum atomic E-state index is 11.9. The maximum absolute atomic E-state index is 11.9. The molecule has 0 unspecified atom stereocenters. The molecule has 122 valence electrons. The lowest BCUT2D eigenvalue weighted by Gasteiger charge is -2.16. The van der Waals surface area contributed by atoms with E-state index in [4.69, 9.17) is 0 Å². The highest BCUT2D eigenvalue weighted by Crippen LogP contribution is 2.19. The second kappa shape index (κ2) is 8.68. The summed E-state index contributed by atoms with van der Waals surface area (Å²) in [5, 5.41) is 6.27. The zero-order valence-corrected chi connectivity index (χ0v) is 13.6. The van der Waals surface area contributed by atoms with Gasteiger partial charge in [-0.3, -0.25) is 4.79 Å². The summed E-state index contributed by atoms with van der Waals surface area (Å²) < 4.78 is 0. The van der Waals surface area contributed by atoms with Gasteiger partial charge in [-0.15, -0.1) is 0 Å². The molecule has 0 saturated heterocycles. The third-order valence-electron chi connectivity index (χ3n) is 3.94. The van der Waals surface area contributed by atoms with E-state index in [1.165, 1.54) is 38.5 Å². The van der Waals surface area contributed by atoms with E-state index in [-0.39, 0.29) is 5.91 Å². The van der Waals surface area contributed by atoms with Gasteiger partial charge in [0.25, 0.3) is 5.91 Å². The largest absolute Gasteiger partial charge is 0.366 e. The first-order chi connectivity index (χ1) is 10.6. The van der Waals surface area contributed by atoms with Crippen LogP contribution in [0.15, 0.2) is 12.4 Å². The van der Waals surface area contributed by atoms with Crippen LogP contribution in [0, 0.1) is 0 Å². The number of carbonyl (C=O) groups is 1. The van der Waals surface area contributed by atoms with Crippen molar-refractivity contribution in [2.24, 2.45) is 0 Å². The summed E-state index contributed by atoms with van der Waals surface area (Å²) in [6, 6.07) is 0.483. The van der Waals surface area contributed by atoms with Crippen molar-refractivity contribution in [3.8, 4) is 0 Å². The summed E-state index contributed by atoms with van der Waals surface area (Å²) >= 11 is 0. The highest BCUT2D eigenvalue weighted by Gasteiger charge is 2.13. The second-order valence-electron chi connectivity index (χ2n) is 6.18. The molecule has 0 atom stereocenters. The average molecular weight is 305 g/mol. The molecule has 2 rings (SSSR count). The number of nitrogens with zero attached hydrogens (tertiary/aromatic N) is 3. The van der Waals surface area contributed by atoms with Crippen LogP contribution in [-0.4, -0.2) is 54.0 Å². The fraction of sp³-hybridized carbons (Fsp3) is 0.688. The van der Waals surface area contributed by atoms with E-state index in [9.17, 15) is 4.79 Å². The zero-order valence-electron chi connectivity index (χ0n) is 13.6. The van der Waals surface area contributed by atoms with Crippen LogP contribution in [0.2, 0.25) is 0 Å². The molecule has 1 saturated carbocycles. The normalized spacial score (nSPS) is 16.3. The summed E-state index contributed by atoms with van der Waals surface area (Å²) in [5.41, 5.74) is 0.366. The average Bonchev–Trinajstić information content (AvgIpc) is 2.76. The summed E-state index contributed by atoms with van der Waals surface area (Å²) in [7, 11) is 3.94. The molecule has 1 amide bonds. The first kappa shape index (κ1) is 16.7. The number of carbonyl (C=O) groups excluding carboxylic acids is 1. The minimum absolute atomic E-state index is 0.171. The third kappa shape index (κ3) is 5.60. The zero-order chi connectivity index (χ0) is 15.8. The van der Waals surface area contributed by atoms with Crippen molar-refractivity contribution in [3.63, 3.8) is 0 Å². The predicted octanol–water partition coefficient (Wildman–Crippen LogP) is 1.90. The van der Waals surface area contributed by atoms with Crippen LogP contribution in [0.5, 0.6) is 0 Å². The van der Waals surface area contributed by atoms with Gasteiger partial charge in [0.2, 0.25) is 0 Å².